The Hall–Kier alpha value is -0.800. The van der Waals surface area contributed by atoms with Gasteiger partial charge in [0.25, 0.3) is 0 Å². The third-order valence-corrected chi connectivity index (χ3v) is 2.93. The minimum Gasteiger partial charge on any atom is -0.463 e. The first-order chi connectivity index (χ1) is 7.67. The van der Waals surface area contributed by atoms with Crippen molar-refractivity contribution in [3.05, 3.63) is 23.7 Å². The lowest BCUT2D eigenvalue weighted by atomic mass is 10.2. The van der Waals surface area contributed by atoms with Crippen LogP contribution in [0.25, 0.3) is 0 Å². The predicted molar refractivity (Wildman–Crippen MR) is 67.3 cm³/mol. The molecule has 1 N–H and O–H groups in total. The van der Waals surface area contributed by atoms with Crippen LogP contribution in [0, 0.1) is 0 Å². The first kappa shape index (κ1) is 13.3. The fourth-order valence-electron chi connectivity index (χ4n) is 1.82. The maximum Gasteiger partial charge on any atom is 0.118 e. The van der Waals surface area contributed by atoms with Crippen molar-refractivity contribution >= 4 is 0 Å². The Bertz CT molecular complexity index is 296. The molecule has 3 nitrogen and oxygen atoms in total. The maximum atomic E-state index is 5.72. The summed E-state index contributed by atoms with van der Waals surface area (Å²) in [5, 5.41) is 3.09. The summed E-state index contributed by atoms with van der Waals surface area (Å²) in [5.74, 6) is 2.06. The van der Waals surface area contributed by atoms with E-state index in [2.05, 4.69) is 37.2 Å². The van der Waals surface area contributed by atoms with E-state index in [-0.39, 0.29) is 0 Å². The zero-order valence-corrected chi connectivity index (χ0v) is 10.9. The molecule has 1 heterocycles. The van der Waals surface area contributed by atoms with Crippen molar-refractivity contribution in [2.45, 2.75) is 45.8 Å². The fourth-order valence-corrected chi connectivity index (χ4v) is 1.82. The summed E-state index contributed by atoms with van der Waals surface area (Å²) in [7, 11) is 4.08. The number of furan rings is 1. The molecule has 16 heavy (non-hydrogen) atoms. The lowest BCUT2D eigenvalue weighted by Gasteiger charge is -2.23. The Kier molecular flexibility index (Phi) is 5.56. The third-order valence-electron chi connectivity index (χ3n) is 2.93. The summed E-state index contributed by atoms with van der Waals surface area (Å²) in [6.45, 7) is 6.18. The van der Waals surface area contributed by atoms with E-state index in [1.165, 1.54) is 12.8 Å². The molecular weight excluding hydrogens is 200 g/mol. The van der Waals surface area contributed by atoms with Crippen LogP contribution < -0.4 is 5.32 Å². The molecule has 0 fully saturated rings. The van der Waals surface area contributed by atoms with Crippen LogP contribution in [0.4, 0.5) is 0 Å². The summed E-state index contributed by atoms with van der Waals surface area (Å²) in [4.78, 5) is 2.34. The van der Waals surface area contributed by atoms with Crippen molar-refractivity contribution in [3.63, 3.8) is 0 Å². The lowest BCUT2D eigenvalue weighted by molar-refractivity contribution is 0.217. The van der Waals surface area contributed by atoms with Crippen LogP contribution in [0.3, 0.4) is 0 Å². The predicted octanol–water partition coefficient (Wildman–Crippen LogP) is 2.62. The molecule has 1 aromatic rings. The van der Waals surface area contributed by atoms with E-state index in [0.29, 0.717) is 6.04 Å². The Morgan fingerprint density at radius 2 is 2.06 bits per heavy atom. The smallest absolute Gasteiger partial charge is 0.118 e. The molecule has 1 unspecified atom stereocenters. The molecule has 0 saturated heterocycles. The lowest BCUT2D eigenvalue weighted by Crippen LogP contribution is -2.28. The fraction of sp³-hybridized carbons (Fsp3) is 0.692. The number of hydrogen-bond acceptors (Lipinski definition) is 3. The van der Waals surface area contributed by atoms with Crippen LogP contribution in [0.2, 0.25) is 0 Å². The Balaban J connectivity index is 2.45. The van der Waals surface area contributed by atoms with Gasteiger partial charge >= 0.3 is 0 Å². The van der Waals surface area contributed by atoms with Gasteiger partial charge in [0, 0.05) is 6.04 Å². The first-order valence-corrected chi connectivity index (χ1v) is 6.09. The Labute approximate surface area is 98.8 Å². The van der Waals surface area contributed by atoms with Gasteiger partial charge in [-0.25, -0.2) is 0 Å². The zero-order valence-electron chi connectivity index (χ0n) is 10.9. The topological polar surface area (TPSA) is 28.4 Å². The van der Waals surface area contributed by atoms with E-state index < -0.39 is 0 Å². The van der Waals surface area contributed by atoms with Crippen LogP contribution >= 0.6 is 0 Å². The molecular formula is C13H24N2O. The first-order valence-electron chi connectivity index (χ1n) is 6.09. The molecule has 0 amide bonds. The Morgan fingerprint density at radius 1 is 1.38 bits per heavy atom. The highest BCUT2D eigenvalue weighted by Crippen LogP contribution is 2.13. The quantitative estimate of drug-likeness (QED) is 0.771. The van der Waals surface area contributed by atoms with Crippen molar-refractivity contribution in [2.75, 3.05) is 14.1 Å². The van der Waals surface area contributed by atoms with Crippen molar-refractivity contribution in [2.24, 2.45) is 0 Å². The molecule has 0 bridgehead atoms. The second kappa shape index (κ2) is 6.71. The molecule has 0 spiro atoms. The highest BCUT2D eigenvalue weighted by Gasteiger charge is 2.10. The molecule has 0 aromatic carbocycles. The van der Waals surface area contributed by atoms with Gasteiger partial charge in [0.05, 0.1) is 13.1 Å². The van der Waals surface area contributed by atoms with Crippen LogP contribution in [0.1, 0.15) is 38.2 Å². The van der Waals surface area contributed by atoms with Gasteiger partial charge in [-0.15, -0.1) is 0 Å². The molecule has 0 saturated carbocycles. The van der Waals surface area contributed by atoms with Crippen molar-refractivity contribution < 1.29 is 4.42 Å². The molecule has 1 atom stereocenters. The van der Waals surface area contributed by atoms with Crippen LogP contribution in [0.5, 0.6) is 0 Å². The summed E-state index contributed by atoms with van der Waals surface area (Å²) >= 11 is 0. The van der Waals surface area contributed by atoms with E-state index in [1.54, 1.807) is 0 Å². The summed E-state index contributed by atoms with van der Waals surface area (Å²) in [5.41, 5.74) is 0. The maximum absolute atomic E-state index is 5.72. The number of nitrogens with one attached hydrogen (secondary N) is 1. The van der Waals surface area contributed by atoms with E-state index in [1.807, 2.05) is 13.1 Å². The largest absolute Gasteiger partial charge is 0.463 e. The van der Waals surface area contributed by atoms with Crippen molar-refractivity contribution in [1.29, 1.82) is 0 Å². The summed E-state index contributed by atoms with van der Waals surface area (Å²) in [6, 6.07) is 4.73. The average Bonchev–Trinajstić information content (AvgIpc) is 2.66. The van der Waals surface area contributed by atoms with Gasteiger partial charge in [0.15, 0.2) is 0 Å². The average molecular weight is 224 g/mol. The summed E-state index contributed by atoms with van der Waals surface area (Å²) < 4.78 is 5.72. The van der Waals surface area contributed by atoms with Gasteiger partial charge in [0.1, 0.15) is 11.5 Å². The minimum absolute atomic E-state index is 0.614. The second-order valence-corrected chi connectivity index (χ2v) is 4.45. The minimum atomic E-state index is 0.614. The number of rotatable bonds is 7. The molecule has 0 aliphatic carbocycles. The molecule has 0 aliphatic rings. The van der Waals surface area contributed by atoms with Crippen LogP contribution in [-0.2, 0) is 13.1 Å². The zero-order chi connectivity index (χ0) is 12.0. The van der Waals surface area contributed by atoms with Gasteiger partial charge < -0.3 is 9.73 Å². The summed E-state index contributed by atoms with van der Waals surface area (Å²) in [6.07, 6.45) is 2.47. The van der Waals surface area contributed by atoms with Gasteiger partial charge in [-0.1, -0.05) is 13.3 Å². The van der Waals surface area contributed by atoms with E-state index in [9.17, 15) is 0 Å². The van der Waals surface area contributed by atoms with E-state index in [0.717, 1.165) is 24.6 Å². The van der Waals surface area contributed by atoms with Crippen LogP contribution in [-0.4, -0.2) is 25.0 Å². The van der Waals surface area contributed by atoms with Crippen molar-refractivity contribution in [1.82, 2.24) is 10.2 Å². The van der Waals surface area contributed by atoms with Gasteiger partial charge in [-0.2, -0.15) is 0 Å². The van der Waals surface area contributed by atoms with E-state index >= 15 is 0 Å². The van der Waals surface area contributed by atoms with Crippen LogP contribution in [0.15, 0.2) is 16.5 Å². The molecule has 3 heteroatoms. The van der Waals surface area contributed by atoms with Gasteiger partial charge in [-0.3, -0.25) is 4.90 Å². The molecule has 1 rings (SSSR count). The SMILES string of the molecule is CCCC(C)N(C)Cc1ccc(CNC)o1. The highest BCUT2D eigenvalue weighted by molar-refractivity contribution is 5.07. The third kappa shape index (κ3) is 3.99. The molecule has 0 radical (unpaired) electrons. The van der Waals surface area contributed by atoms with Gasteiger partial charge in [-0.05, 0) is 39.6 Å². The standard InChI is InChI=1S/C13H24N2O/c1-5-6-11(2)15(4)10-13-8-7-12(16-13)9-14-3/h7-8,11,14H,5-6,9-10H2,1-4H3. The number of hydrogen-bond donors (Lipinski definition) is 1. The van der Waals surface area contributed by atoms with Gasteiger partial charge in [0.2, 0.25) is 0 Å². The van der Waals surface area contributed by atoms with Crippen molar-refractivity contribution in [3.8, 4) is 0 Å². The molecule has 0 aliphatic heterocycles. The number of nitrogens with zero attached hydrogens (tertiary/aromatic N) is 1. The molecule has 1 aromatic heterocycles. The highest BCUT2D eigenvalue weighted by atomic mass is 16.3. The molecule has 92 valence electrons. The van der Waals surface area contributed by atoms with E-state index in [4.69, 9.17) is 4.42 Å². The Morgan fingerprint density at radius 3 is 2.69 bits per heavy atom. The normalized spacial score (nSPS) is 13.3. The second-order valence-electron chi connectivity index (χ2n) is 4.45. The monoisotopic (exact) mass is 224 g/mol.